The molecule has 1 amide bonds. The van der Waals surface area contributed by atoms with Crippen molar-refractivity contribution in [2.45, 2.75) is 26.7 Å². The molecule has 0 aliphatic carbocycles. The standard InChI is InChI=1S/C30H30N4O2S/c1-4-9-24(31-5-2)27-18-20-16-17-34(26-13-7-6-10-22(26)29(20)37-27)30(35)25-12-8-11-23(33-25)21-14-15-28(36-3)32-19-21/h6-15,18-19,31H,4-5,16-17H2,1-3H3/b24-9+. The Kier molecular flexibility index (Phi) is 7.32. The van der Waals surface area contributed by atoms with E-state index in [4.69, 9.17) is 9.72 Å². The van der Waals surface area contributed by atoms with Crippen LogP contribution in [-0.4, -0.2) is 36.1 Å². The molecule has 37 heavy (non-hydrogen) atoms. The molecule has 1 aromatic carbocycles. The van der Waals surface area contributed by atoms with Crippen molar-refractivity contribution in [3.63, 3.8) is 0 Å². The minimum atomic E-state index is -0.106. The quantitative estimate of drug-likeness (QED) is 0.310. The van der Waals surface area contributed by atoms with Crippen molar-refractivity contribution in [2.75, 3.05) is 25.1 Å². The van der Waals surface area contributed by atoms with Crippen molar-refractivity contribution in [3.05, 3.63) is 89.1 Å². The summed E-state index contributed by atoms with van der Waals surface area (Å²) in [7, 11) is 1.58. The molecule has 0 fully saturated rings. The number of nitrogens with one attached hydrogen (secondary N) is 1. The Balaban J connectivity index is 1.49. The molecule has 4 heterocycles. The zero-order chi connectivity index (χ0) is 25.8. The molecule has 0 bridgehead atoms. The number of para-hydroxylation sites is 1. The number of hydrogen-bond acceptors (Lipinski definition) is 6. The largest absolute Gasteiger partial charge is 0.481 e. The third-order valence-electron chi connectivity index (χ3n) is 6.35. The lowest BCUT2D eigenvalue weighted by atomic mass is 10.1. The van der Waals surface area contributed by atoms with Crippen LogP contribution in [0, 0.1) is 0 Å². The highest BCUT2D eigenvalue weighted by atomic mass is 32.1. The van der Waals surface area contributed by atoms with Gasteiger partial charge in [0.05, 0.1) is 23.4 Å². The summed E-state index contributed by atoms with van der Waals surface area (Å²) < 4.78 is 5.16. The van der Waals surface area contributed by atoms with Gasteiger partial charge in [-0.05, 0) is 55.7 Å². The summed E-state index contributed by atoms with van der Waals surface area (Å²) in [5.41, 5.74) is 6.40. The van der Waals surface area contributed by atoms with Gasteiger partial charge in [0.1, 0.15) is 5.69 Å². The third-order valence-corrected chi connectivity index (χ3v) is 7.59. The molecular formula is C30H30N4O2S. The van der Waals surface area contributed by atoms with E-state index >= 15 is 0 Å². The second-order valence-electron chi connectivity index (χ2n) is 8.74. The van der Waals surface area contributed by atoms with Gasteiger partial charge in [-0.15, -0.1) is 11.3 Å². The molecular weight excluding hydrogens is 480 g/mol. The van der Waals surface area contributed by atoms with Crippen LogP contribution in [0.15, 0.2) is 72.9 Å². The van der Waals surface area contributed by atoms with Gasteiger partial charge in [-0.3, -0.25) is 4.79 Å². The van der Waals surface area contributed by atoms with E-state index in [2.05, 4.69) is 42.4 Å². The van der Waals surface area contributed by atoms with Crippen LogP contribution in [0.3, 0.4) is 0 Å². The molecule has 6 nitrogen and oxygen atoms in total. The van der Waals surface area contributed by atoms with Crippen molar-refractivity contribution in [3.8, 4) is 27.6 Å². The first-order chi connectivity index (χ1) is 18.1. The second kappa shape index (κ2) is 11.0. The number of nitrogens with zero attached hydrogens (tertiary/aromatic N) is 3. The van der Waals surface area contributed by atoms with E-state index in [0.717, 1.165) is 36.2 Å². The maximum Gasteiger partial charge on any atom is 0.276 e. The number of pyridine rings is 2. The van der Waals surface area contributed by atoms with Crippen LogP contribution in [0.4, 0.5) is 5.69 Å². The van der Waals surface area contributed by atoms with Gasteiger partial charge in [-0.2, -0.15) is 0 Å². The SMILES string of the molecule is CC/C=C(/NCC)c1cc2c(s1)-c1ccccc1N(C(=O)c1cccc(-c3ccc(OC)nc3)n1)CC2. The fourth-order valence-electron chi connectivity index (χ4n) is 4.60. The van der Waals surface area contributed by atoms with Crippen LogP contribution in [0.25, 0.3) is 27.4 Å². The summed E-state index contributed by atoms with van der Waals surface area (Å²) in [6.07, 6.45) is 5.70. The van der Waals surface area contributed by atoms with E-state index in [9.17, 15) is 4.79 Å². The Morgan fingerprint density at radius 3 is 2.76 bits per heavy atom. The number of rotatable bonds is 7. The Morgan fingerprint density at radius 2 is 2.00 bits per heavy atom. The normalized spacial score (nSPS) is 12.9. The predicted octanol–water partition coefficient (Wildman–Crippen LogP) is 6.44. The van der Waals surface area contributed by atoms with Crippen molar-refractivity contribution >= 4 is 28.6 Å². The van der Waals surface area contributed by atoms with Crippen molar-refractivity contribution in [1.29, 1.82) is 0 Å². The van der Waals surface area contributed by atoms with Crippen LogP contribution >= 0.6 is 11.3 Å². The van der Waals surface area contributed by atoms with Crippen LogP contribution in [-0.2, 0) is 6.42 Å². The lowest BCUT2D eigenvalue weighted by Crippen LogP contribution is -2.33. The van der Waals surface area contributed by atoms with Gasteiger partial charge in [0, 0.05) is 47.1 Å². The number of carbonyl (C=O) groups excluding carboxylic acids is 1. The van der Waals surface area contributed by atoms with Gasteiger partial charge >= 0.3 is 0 Å². The number of amides is 1. The molecule has 1 aliphatic heterocycles. The van der Waals surface area contributed by atoms with Gasteiger partial charge in [0.25, 0.3) is 5.91 Å². The number of carbonyl (C=O) groups is 1. The Morgan fingerprint density at radius 1 is 1.14 bits per heavy atom. The number of aromatic nitrogens is 2. The minimum Gasteiger partial charge on any atom is -0.481 e. The summed E-state index contributed by atoms with van der Waals surface area (Å²) in [4.78, 5) is 27.1. The zero-order valence-corrected chi connectivity index (χ0v) is 22.1. The molecule has 0 atom stereocenters. The van der Waals surface area contributed by atoms with Crippen LogP contribution in [0.5, 0.6) is 5.88 Å². The number of allylic oxidation sites excluding steroid dienone is 1. The van der Waals surface area contributed by atoms with E-state index in [1.165, 1.54) is 21.0 Å². The molecule has 5 rings (SSSR count). The van der Waals surface area contributed by atoms with Gasteiger partial charge in [0.15, 0.2) is 0 Å². The maximum absolute atomic E-state index is 13.8. The smallest absolute Gasteiger partial charge is 0.276 e. The van der Waals surface area contributed by atoms with Gasteiger partial charge in [-0.1, -0.05) is 37.3 Å². The number of benzene rings is 1. The summed E-state index contributed by atoms with van der Waals surface area (Å²) in [5.74, 6) is 0.431. The first-order valence-electron chi connectivity index (χ1n) is 12.6. The molecule has 1 aliphatic rings. The lowest BCUT2D eigenvalue weighted by Gasteiger charge is -2.23. The molecule has 4 aromatic rings. The maximum atomic E-state index is 13.8. The van der Waals surface area contributed by atoms with Crippen LogP contribution in [0.1, 0.15) is 41.2 Å². The van der Waals surface area contributed by atoms with Crippen LogP contribution in [0.2, 0.25) is 0 Å². The van der Waals surface area contributed by atoms with Crippen molar-refractivity contribution in [2.24, 2.45) is 0 Å². The molecule has 0 saturated heterocycles. The fraction of sp³-hybridized carbons (Fsp3) is 0.233. The lowest BCUT2D eigenvalue weighted by molar-refractivity contribution is 0.0983. The monoisotopic (exact) mass is 510 g/mol. The fourth-order valence-corrected chi connectivity index (χ4v) is 5.86. The summed E-state index contributed by atoms with van der Waals surface area (Å²) in [6.45, 7) is 5.74. The second-order valence-corrected chi connectivity index (χ2v) is 9.79. The first-order valence-corrected chi connectivity index (χ1v) is 13.4. The van der Waals surface area contributed by atoms with E-state index < -0.39 is 0 Å². The van der Waals surface area contributed by atoms with E-state index in [1.807, 2.05) is 41.3 Å². The molecule has 0 spiro atoms. The summed E-state index contributed by atoms with van der Waals surface area (Å²) in [6, 6.07) is 19.7. The van der Waals surface area contributed by atoms with E-state index in [1.54, 1.807) is 36.8 Å². The molecule has 1 N–H and O–H groups in total. The molecule has 0 saturated carbocycles. The molecule has 0 radical (unpaired) electrons. The highest BCUT2D eigenvalue weighted by molar-refractivity contribution is 7.16. The Hall–Kier alpha value is -3.97. The number of ether oxygens (including phenoxy) is 1. The number of methoxy groups -OCH3 is 1. The van der Waals surface area contributed by atoms with Crippen LogP contribution < -0.4 is 15.0 Å². The summed E-state index contributed by atoms with van der Waals surface area (Å²) >= 11 is 1.79. The highest BCUT2D eigenvalue weighted by Gasteiger charge is 2.27. The van der Waals surface area contributed by atoms with E-state index in [0.29, 0.717) is 23.8 Å². The minimum absolute atomic E-state index is 0.106. The van der Waals surface area contributed by atoms with E-state index in [-0.39, 0.29) is 5.91 Å². The van der Waals surface area contributed by atoms with Gasteiger partial charge < -0.3 is 15.0 Å². The van der Waals surface area contributed by atoms with Crippen molar-refractivity contribution < 1.29 is 9.53 Å². The first kappa shape index (κ1) is 24.7. The van der Waals surface area contributed by atoms with Gasteiger partial charge in [-0.25, -0.2) is 9.97 Å². The molecule has 3 aromatic heterocycles. The Labute approximate surface area is 221 Å². The highest BCUT2D eigenvalue weighted by Crippen LogP contribution is 2.43. The predicted molar refractivity (Wildman–Crippen MR) is 151 cm³/mol. The van der Waals surface area contributed by atoms with Crippen molar-refractivity contribution in [1.82, 2.24) is 15.3 Å². The molecule has 0 unspecified atom stereocenters. The molecule has 7 heteroatoms. The topological polar surface area (TPSA) is 67.4 Å². The third kappa shape index (κ3) is 5.00. The zero-order valence-electron chi connectivity index (χ0n) is 21.3. The average Bonchev–Trinajstić information content (AvgIpc) is 3.31. The van der Waals surface area contributed by atoms with Gasteiger partial charge in [0.2, 0.25) is 5.88 Å². The molecule has 188 valence electrons. The number of anilines is 1. The average molecular weight is 511 g/mol. The number of fused-ring (bicyclic) bond motifs is 3. The summed E-state index contributed by atoms with van der Waals surface area (Å²) in [5, 5.41) is 3.51. The number of thiophene rings is 1. The number of hydrogen-bond donors (Lipinski definition) is 1. The Bertz CT molecular complexity index is 1440.